The van der Waals surface area contributed by atoms with Gasteiger partial charge >= 0.3 is 5.97 Å². The van der Waals surface area contributed by atoms with Crippen LogP contribution in [-0.4, -0.2) is 16.1 Å². The molecule has 0 atom stereocenters. The Labute approximate surface area is 110 Å². The second-order valence-electron chi connectivity index (χ2n) is 3.30. The van der Waals surface area contributed by atoms with E-state index in [2.05, 4.69) is 20.9 Å². The quantitative estimate of drug-likeness (QED) is 0.938. The number of rotatable bonds is 3. The van der Waals surface area contributed by atoms with Crippen LogP contribution in [0.2, 0.25) is 0 Å². The van der Waals surface area contributed by atoms with Crippen molar-refractivity contribution in [2.75, 3.05) is 0 Å². The predicted molar refractivity (Wildman–Crippen MR) is 66.5 cm³/mol. The van der Waals surface area contributed by atoms with E-state index in [0.717, 1.165) is 15.1 Å². The molecule has 6 heteroatoms. The van der Waals surface area contributed by atoms with Gasteiger partial charge in [-0.25, -0.2) is 9.78 Å². The zero-order chi connectivity index (χ0) is 12.4. The predicted octanol–water partition coefficient (Wildman–Crippen LogP) is 3.59. The van der Waals surface area contributed by atoms with Crippen molar-refractivity contribution >= 4 is 33.7 Å². The Morgan fingerprint density at radius 2 is 2.29 bits per heavy atom. The van der Waals surface area contributed by atoms with E-state index in [9.17, 15) is 4.79 Å². The molecule has 0 aromatic carbocycles. The second-order valence-corrected chi connectivity index (χ2v) is 5.21. The molecule has 1 N–H and O–H groups in total. The van der Waals surface area contributed by atoms with Gasteiger partial charge in [-0.15, -0.1) is 0 Å². The van der Waals surface area contributed by atoms with Crippen LogP contribution < -0.4 is 0 Å². The summed E-state index contributed by atoms with van der Waals surface area (Å²) in [6.45, 7) is 1.93. The molecule has 0 saturated carbocycles. The summed E-state index contributed by atoms with van der Waals surface area (Å²) in [7, 11) is 0. The summed E-state index contributed by atoms with van der Waals surface area (Å²) in [5.41, 5.74) is 0.998. The van der Waals surface area contributed by atoms with Gasteiger partial charge in [-0.2, -0.15) is 0 Å². The van der Waals surface area contributed by atoms with Crippen LogP contribution in [0.15, 0.2) is 43.4 Å². The van der Waals surface area contributed by atoms with Crippen LogP contribution in [0.25, 0.3) is 0 Å². The van der Waals surface area contributed by atoms with Gasteiger partial charge in [0.25, 0.3) is 0 Å². The first kappa shape index (κ1) is 12.2. The van der Waals surface area contributed by atoms with Gasteiger partial charge in [-0.1, -0.05) is 0 Å². The summed E-state index contributed by atoms with van der Waals surface area (Å²) in [6.07, 6.45) is 1.69. The normalized spacial score (nSPS) is 10.5. The van der Waals surface area contributed by atoms with E-state index >= 15 is 0 Å². The number of halogens is 1. The maximum atomic E-state index is 10.7. The first-order valence-electron chi connectivity index (χ1n) is 4.69. The van der Waals surface area contributed by atoms with Gasteiger partial charge in [-0.05, 0) is 58.4 Å². The summed E-state index contributed by atoms with van der Waals surface area (Å²) in [6, 6.07) is 4.99. The number of aromatic carboxylic acids is 1. The second kappa shape index (κ2) is 4.93. The van der Waals surface area contributed by atoms with Crippen LogP contribution in [-0.2, 0) is 0 Å². The van der Waals surface area contributed by atoms with E-state index in [-0.39, 0.29) is 5.76 Å². The molecule has 0 bridgehead atoms. The Bertz CT molecular complexity index is 568. The maximum Gasteiger partial charge on any atom is 0.371 e. The Balaban J connectivity index is 2.22. The zero-order valence-electron chi connectivity index (χ0n) is 8.81. The lowest BCUT2D eigenvalue weighted by atomic mass is 10.3. The third kappa shape index (κ3) is 2.89. The molecular weight excluding hydrogens is 306 g/mol. The first-order chi connectivity index (χ1) is 8.06. The minimum Gasteiger partial charge on any atom is -0.475 e. The number of furan rings is 1. The Hall–Kier alpha value is -1.27. The molecule has 2 aromatic rings. The average molecular weight is 314 g/mol. The number of aryl methyl sites for hydroxylation is 1. The lowest BCUT2D eigenvalue weighted by molar-refractivity contribution is 0.0656. The molecule has 0 aliphatic carbocycles. The lowest BCUT2D eigenvalue weighted by Gasteiger charge is -2.02. The standard InChI is InChI=1S/C11H8BrNO3S/c1-6-4-7(12)5-13-10(6)17-9-3-2-8(16-9)11(14)15/h2-5H,1H3,(H,14,15). The molecule has 88 valence electrons. The summed E-state index contributed by atoms with van der Waals surface area (Å²) >= 11 is 4.63. The van der Waals surface area contributed by atoms with Crippen molar-refractivity contribution in [3.05, 3.63) is 40.2 Å². The highest BCUT2D eigenvalue weighted by Gasteiger charge is 2.11. The van der Waals surface area contributed by atoms with E-state index in [1.807, 2.05) is 13.0 Å². The summed E-state index contributed by atoms with van der Waals surface area (Å²) in [5, 5.41) is 10.0. The van der Waals surface area contributed by atoms with E-state index < -0.39 is 5.97 Å². The molecule has 0 aliphatic rings. The molecule has 4 nitrogen and oxygen atoms in total. The van der Waals surface area contributed by atoms with Crippen LogP contribution in [0.4, 0.5) is 0 Å². The minimum absolute atomic E-state index is 0.0673. The van der Waals surface area contributed by atoms with E-state index in [4.69, 9.17) is 9.52 Å². The summed E-state index contributed by atoms with van der Waals surface area (Å²) in [5.74, 6) is -1.14. The Morgan fingerprint density at radius 3 is 2.88 bits per heavy atom. The number of hydrogen-bond acceptors (Lipinski definition) is 4. The largest absolute Gasteiger partial charge is 0.475 e. The van der Waals surface area contributed by atoms with E-state index in [0.29, 0.717) is 5.09 Å². The molecule has 17 heavy (non-hydrogen) atoms. The number of carboxylic acid groups (broad SMARTS) is 1. The monoisotopic (exact) mass is 313 g/mol. The Kier molecular flexibility index (Phi) is 3.54. The lowest BCUT2D eigenvalue weighted by Crippen LogP contribution is -1.91. The third-order valence-electron chi connectivity index (χ3n) is 1.99. The summed E-state index contributed by atoms with van der Waals surface area (Å²) < 4.78 is 6.05. The number of hydrogen-bond donors (Lipinski definition) is 1. The van der Waals surface area contributed by atoms with Crippen LogP contribution in [0.1, 0.15) is 16.1 Å². The molecule has 0 amide bonds. The van der Waals surface area contributed by atoms with E-state index in [1.165, 1.54) is 17.8 Å². The van der Waals surface area contributed by atoms with Gasteiger partial charge in [0.15, 0.2) is 5.09 Å². The fourth-order valence-corrected chi connectivity index (χ4v) is 2.45. The molecular formula is C11H8BrNO3S. The molecule has 0 unspecified atom stereocenters. The van der Waals surface area contributed by atoms with Crippen molar-refractivity contribution < 1.29 is 14.3 Å². The van der Waals surface area contributed by atoms with Gasteiger partial charge in [-0.3, -0.25) is 0 Å². The fraction of sp³-hybridized carbons (Fsp3) is 0.0909. The SMILES string of the molecule is Cc1cc(Br)cnc1Sc1ccc(C(=O)O)o1. The number of carboxylic acids is 1. The zero-order valence-corrected chi connectivity index (χ0v) is 11.2. The highest BCUT2D eigenvalue weighted by atomic mass is 79.9. The molecule has 2 aromatic heterocycles. The molecule has 0 radical (unpaired) electrons. The smallest absolute Gasteiger partial charge is 0.371 e. The fourth-order valence-electron chi connectivity index (χ4n) is 1.22. The van der Waals surface area contributed by atoms with Crippen molar-refractivity contribution in [3.63, 3.8) is 0 Å². The minimum atomic E-state index is -1.07. The molecule has 2 heterocycles. The molecule has 0 spiro atoms. The van der Waals surface area contributed by atoms with Crippen molar-refractivity contribution in [1.82, 2.24) is 4.98 Å². The van der Waals surface area contributed by atoms with Gasteiger partial charge in [0, 0.05) is 10.7 Å². The number of carbonyl (C=O) groups is 1. The van der Waals surface area contributed by atoms with Crippen LogP contribution in [0.5, 0.6) is 0 Å². The molecule has 0 fully saturated rings. The van der Waals surface area contributed by atoms with Gasteiger partial charge in [0.1, 0.15) is 5.03 Å². The average Bonchev–Trinajstić information content (AvgIpc) is 2.71. The summed E-state index contributed by atoms with van der Waals surface area (Å²) in [4.78, 5) is 14.9. The van der Waals surface area contributed by atoms with Gasteiger partial charge in [0.2, 0.25) is 5.76 Å². The topological polar surface area (TPSA) is 63.3 Å². The van der Waals surface area contributed by atoms with Crippen LogP contribution in [0, 0.1) is 6.92 Å². The van der Waals surface area contributed by atoms with Crippen molar-refractivity contribution in [2.24, 2.45) is 0 Å². The van der Waals surface area contributed by atoms with Gasteiger partial charge < -0.3 is 9.52 Å². The van der Waals surface area contributed by atoms with Crippen molar-refractivity contribution in [2.45, 2.75) is 17.0 Å². The van der Waals surface area contributed by atoms with Crippen LogP contribution >= 0.6 is 27.7 Å². The number of nitrogens with zero attached hydrogens (tertiary/aromatic N) is 1. The molecule has 2 rings (SSSR count). The number of aromatic nitrogens is 1. The maximum absolute atomic E-state index is 10.7. The van der Waals surface area contributed by atoms with Crippen LogP contribution in [0.3, 0.4) is 0 Å². The van der Waals surface area contributed by atoms with Crippen molar-refractivity contribution in [3.8, 4) is 0 Å². The van der Waals surface area contributed by atoms with E-state index in [1.54, 1.807) is 12.3 Å². The van der Waals surface area contributed by atoms with Crippen molar-refractivity contribution in [1.29, 1.82) is 0 Å². The molecule has 0 saturated heterocycles. The third-order valence-corrected chi connectivity index (χ3v) is 3.46. The van der Waals surface area contributed by atoms with Gasteiger partial charge in [0.05, 0.1) is 0 Å². The number of pyridine rings is 1. The highest BCUT2D eigenvalue weighted by molar-refractivity contribution is 9.10. The Morgan fingerprint density at radius 1 is 1.53 bits per heavy atom. The first-order valence-corrected chi connectivity index (χ1v) is 6.30. The molecule has 0 aliphatic heterocycles. The highest BCUT2D eigenvalue weighted by Crippen LogP contribution is 2.30.